The van der Waals surface area contributed by atoms with Crippen LogP contribution in [0.2, 0.25) is 0 Å². The molecule has 0 aliphatic heterocycles. The molecule has 64 valence electrons. The second-order valence-electron chi connectivity index (χ2n) is 2.14. The van der Waals surface area contributed by atoms with E-state index in [1.807, 2.05) is 29.5 Å². The normalized spacial score (nSPS) is 9.58. The van der Waals surface area contributed by atoms with Crippen LogP contribution in [0.3, 0.4) is 0 Å². The standard InChI is InChI=1S/C7H7IN2O2/c1-4-3-9-5(6(8)10-4)7(11)12-2/h3H,1-2H3. The summed E-state index contributed by atoms with van der Waals surface area (Å²) < 4.78 is 5.08. The third-order valence-corrected chi connectivity index (χ3v) is 1.98. The van der Waals surface area contributed by atoms with E-state index < -0.39 is 5.97 Å². The zero-order chi connectivity index (χ0) is 9.14. The number of nitrogens with zero attached hydrogens (tertiary/aromatic N) is 2. The number of hydrogen-bond donors (Lipinski definition) is 0. The van der Waals surface area contributed by atoms with E-state index >= 15 is 0 Å². The molecule has 0 aliphatic rings. The number of carbonyl (C=O) groups is 1. The molecule has 0 aliphatic carbocycles. The molecule has 12 heavy (non-hydrogen) atoms. The van der Waals surface area contributed by atoms with Crippen LogP contribution in [0, 0.1) is 10.6 Å². The van der Waals surface area contributed by atoms with Gasteiger partial charge in [0.05, 0.1) is 12.8 Å². The fraction of sp³-hybridized carbons (Fsp3) is 0.286. The van der Waals surface area contributed by atoms with Crippen molar-refractivity contribution in [3.8, 4) is 0 Å². The molecule has 1 aromatic rings. The van der Waals surface area contributed by atoms with Crippen molar-refractivity contribution in [1.29, 1.82) is 0 Å². The van der Waals surface area contributed by atoms with Crippen molar-refractivity contribution in [2.24, 2.45) is 0 Å². The Morgan fingerprint density at radius 1 is 1.67 bits per heavy atom. The van der Waals surface area contributed by atoms with E-state index in [2.05, 4.69) is 14.7 Å². The summed E-state index contributed by atoms with van der Waals surface area (Å²) in [6, 6.07) is 0. The predicted octanol–water partition coefficient (Wildman–Crippen LogP) is 1.18. The van der Waals surface area contributed by atoms with E-state index in [0.29, 0.717) is 3.70 Å². The minimum atomic E-state index is -0.452. The maximum atomic E-state index is 11.0. The van der Waals surface area contributed by atoms with Crippen LogP contribution in [0.5, 0.6) is 0 Å². The highest BCUT2D eigenvalue weighted by molar-refractivity contribution is 14.1. The molecule has 0 bridgehead atoms. The molecule has 0 aromatic carbocycles. The molecule has 0 unspecified atom stereocenters. The van der Waals surface area contributed by atoms with Gasteiger partial charge in [-0.2, -0.15) is 0 Å². The third kappa shape index (κ3) is 1.90. The lowest BCUT2D eigenvalue weighted by atomic mass is 10.4. The van der Waals surface area contributed by atoms with Crippen LogP contribution in [-0.2, 0) is 4.74 Å². The van der Waals surface area contributed by atoms with Crippen LogP contribution in [0.4, 0.5) is 0 Å². The maximum absolute atomic E-state index is 11.0. The molecule has 4 nitrogen and oxygen atoms in total. The molecule has 0 N–H and O–H groups in total. The Balaban J connectivity index is 3.09. The largest absolute Gasteiger partial charge is 0.464 e. The van der Waals surface area contributed by atoms with Gasteiger partial charge in [0.25, 0.3) is 0 Å². The molecule has 0 atom stereocenters. The van der Waals surface area contributed by atoms with E-state index in [1.54, 1.807) is 0 Å². The summed E-state index contributed by atoms with van der Waals surface area (Å²) in [5, 5.41) is 0. The summed E-state index contributed by atoms with van der Waals surface area (Å²) in [4.78, 5) is 19.0. The second-order valence-corrected chi connectivity index (χ2v) is 3.16. The first-order valence-electron chi connectivity index (χ1n) is 3.22. The lowest BCUT2D eigenvalue weighted by Gasteiger charge is -2.00. The summed E-state index contributed by atoms with van der Waals surface area (Å²) in [7, 11) is 1.32. The molecule has 1 aromatic heterocycles. The summed E-state index contributed by atoms with van der Waals surface area (Å²) in [6.07, 6.45) is 1.54. The van der Waals surface area contributed by atoms with Gasteiger partial charge in [0.1, 0.15) is 3.70 Å². The first-order valence-corrected chi connectivity index (χ1v) is 4.30. The number of halogens is 1. The van der Waals surface area contributed by atoms with E-state index in [9.17, 15) is 4.79 Å². The average molecular weight is 278 g/mol. The minimum Gasteiger partial charge on any atom is -0.464 e. The second kappa shape index (κ2) is 3.79. The van der Waals surface area contributed by atoms with E-state index in [0.717, 1.165) is 5.69 Å². The number of aryl methyl sites for hydroxylation is 1. The molecular formula is C7H7IN2O2. The molecule has 0 spiro atoms. The zero-order valence-electron chi connectivity index (χ0n) is 6.67. The van der Waals surface area contributed by atoms with Crippen molar-refractivity contribution >= 4 is 28.6 Å². The molecule has 0 fully saturated rings. The first kappa shape index (κ1) is 9.37. The van der Waals surface area contributed by atoms with Crippen LogP contribution >= 0.6 is 22.6 Å². The fourth-order valence-electron chi connectivity index (χ4n) is 0.681. The van der Waals surface area contributed by atoms with Crippen LogP contribution < -0.4 is 0 Å². The van der Waals surface area contributed by atoms with Gasteiger partial charge in [-0.05, 0) is 29.5 Å². The Morgan fingerprint density at radius 2 is 2.33 bits per heavy atom. The Morgan fingerprint density at radius 3 is 2.83 bits per heavy atom. The summed E-state index contributed by atoms with van der Waals surface area (Å²) in [5.74, 6) is -0.452. The smallest absolute Gasteiger partial charge is 0.359 e. The van der Waals surface area contributed by atoms with Gasteiger partial charge < -0.3 is 4.74 Å². The van der Waals surface area contributed by atoms with Gasteiger partial charge in [-0.25, -0.2) is 14.8 Å². The number of rotatable bonds is 1. The third-order valence-electron chi connectivity index (χ3n) is 1.23. The van der Waals surface area contributed by atoms with Crippen molar-refractivity contribution in [2.45, 2.75) is 6.92 Å². The predicted molar refractivity (Wildman–Crippen MR) is 50.8 cm³/mol. The van der Waals surface area contributed by atoms with Crippen LogP contribution in [-0.4, -0.2) is 23.0 Å². The van der Waals surface area contributed by atoms with Gasteiger partial charge in [-0.15, -0.1) is 0 Å². The fourth-order valence-corrected chi connectivity index (χ4v) is 1.42. The number of aromatic nitrogens is 2. The molecule has 0 amide bonds. The Labute approximate surface area is 83.5 Å². The van der Waals surface area contributed by atoms with Crippen molar-refractivity contribution < 1.29 is 9.53 Å². The minimum absolute atomic E-state index is 0.267. The quantitative estimate of drug-likeness (QED) is 0.571. The zero-order valence-corrected chi connectivity index (χ0v) is 8.82. The monoisotopic (exact) mass is 278 g/mol. The van der Waals surface area contributed by atoms with Crippen LogP contribution in [0.25, 0.3) is 0 Å². The van der Waals surface area contributed by atoms with Gasteiger partial charge in [-0.1, -0.05) is 0 Å². The topological polar surface area (TPSA) is 52.1 Å². The van der Waals surface area contributed by atoms with Gasteiger partial charge in [0.15, 0.2) is 5.69 Å². The van der Waals surface area contributed by atoms with E-state index in [4.69, 9.17) is 0 Å². The molecule has 1 heterocycles. The number of ether oxygens (including phenoxy) is 1. The Hall–Kier alpha value is -0.720. The SMILES string of the molecule is COC(=O)c1ncc(C)nc1I. The van der Waals surface area contributed by atoms with Gasteiger partial charge >= 0.3 is 5.97 Å². The average Bonchev–Trinajstić information content (AvgIpc) is 2.03. The number of carbonyl (C=O) groups excluding carboxylic acids is 1. The number of methoxy groups -OCH3 is 1. The number of hydrogen-bond acceptors (Lipinski definition) is 4. The van der Waals surface area contributed by atoms with Crippen LogP contribution in [0.1, 0.15) is 16.2 Å². The molecular weight excluding hydrogens is 271 g/mol. The highest BCUT2D eigenvalue weighted by atomic mass is 127. The van der Waals surface area contributed by atoms with Crippen LogP contribution in [0.15, 0.2) is 6.20 Å². The summed E-state index contributed by atoms with van der Waals surface area (Å²) in [5.41, 5.74) is 1.05. The Bertz CT molecular complexity index is 314. The lowest BCUT2D eigenvalue weighted by molar-refractivity contribution is 0.0592. The van der Waals surface area contributed by atoms with Gasteiger partial charge in [-0.3, -0.25) is 0 Å². The lowest BCUT2D eigenvalue weighted by Crippen LogP contribution is -2.08. The number of esters is 1. The van der Waals surface area contributed by atoms with Crippen molar-refractivity contribution in [2.75, 3.05) is 7.11 Å². The first-order chi connectivity index (χ1) is 5.65. The maximum Gasteiger partial charge on any atom is 0.359 e. The van der Waals surface area contributed by atoms with Crippen molar-refractivity contribution in [3.63, 3.8) is 0 Å². The molecule has 1 rings (SSSR count). The highest BCUT2D eigenvalue weighted by Crippen LogP contribution is 2.07. The summed E-state index contributed by atoms with van der Waals surface area (Å²) >= 11 is 1.95. The van der Waals surface area contributed by atoms with Gasteiger partial charge in [0.2, 0.25) is 0 Å². The molecule has 0 saturated carbocycles. The van der Waals surface area contributed by atoms with Crippen molar-refractivity contribution in [1.82, 2.24) is 9.97 Å². The molecule has 5 heteroatoms. The van der Waals surface area contributed by atoms with Gasteiger partial charge in [0, 0.05) is 6.20 Å². The highest BCUT2D eigenvalue weighted by Gasteiger charge is 2.12. The Kier molecular flexibility index (Phi) is 2.96. The molecule has 0 saturated heterocycles. The summed E-state index contributed by atoms with van der Waals surface area (Å²) in [6.45, 7) is 1.82. The molecule has 0 radical (unpaired) electrons. The van der Waals surface area contributed by atoms with E-state index in [-0.39, 0.29) is 5.69 Å². The van der Waals surface area contributed by atoms with E-state index in [1.165, 1.54) is 13.3 Å². The van der Waals surface area contributed by atoms with Crippen molar-refractivity contribution in [3.05, 3.63) is 21.3 Å².